The van der Waals surface area contributed by atoms with Gasteiger partial charge in [-0.2, -0.15) is 0 Å². The van der Waals surface area contributed by atoms with Crippen LogP contribution in [0, 0.1) is 0 Å². The van der Waals surface area contributed by atoms with Crippen LogP contribution in [0.15, 0.2) is 18.2 Å². The number of hydrogen-bond acceptors (Lipinski definition) is 4. The first-order chi connectivity index (χ1) is 8.30. The van der Waals surface area contributed by atoms with Crippen LogP contribution < -0.4 is 14.4 Å². The highest BCUT2D eigenvalue weighted by molar-refractivity contribution is 5.57. The summed E-state index contributed by atoms with van der Waals surface area (Å²) in [6, 6.07) is 6.11. The van der Waals surface area contributed by atoms with Crippen LogP contribution in [0.3, 0.4) is 0 Å². The summed E-state index contributed by atoms with van der Waals surface area (Å²) in [4.78, 5) is 2.22. The number of anilines is 1. The molecular formula is C13H19NO3. The van der Waals surface area contributed by atoms with Crippen molar-refractivity contribution in [2.45, 2.75) is 18.9 Å². The van der Waals surface area contributed by atoms with Crippen molar-refractivity contribution in [3.05, 3.63) is 18.2 Å². The first-order valence-corrected chi connectivity index (χ1v) is 5.89. The molecule has 1 saturated heterocycles. The average Bonchev–Trinajstić information content (AvgIpc) is 2.86. The molecule has 0 saturated carbocycles. The zero-order valence-electron chi connectivity index (χ0n) is 10.3. The topological polar surface area (TPSA) is 41.9 Å². The summed E-state index contributed by atoms with van der Waals surface area (Å²) in [6.45, 7) is 1.19. The smallest absolute Gasteiger partial charge is 0.162 e. The fraction of sp³-hybridized carbons (Fsp3) is 0.538. The van der Waals surface area contributed by atoms with Crippen molar-refractivity contribution in [2.75, 3.05) is 32.3 Å². The van der Waals surface area contributed by atoms with Crippen molar-refractivity contribution >= 4 is 5.69 Å². The predicted octanol–water partition coefficient (Wildman–Crippen LogP) is 1.66. The van der Waals surface area contributed by atoms with Crippen LogP contribution in [0.5, 0.6) is 11.5 Å². The van der Waals surface area contributed by atoms with Crippen LogP contribution in [0.25, 0.3) is 0 Å². The second kappa shape index (κ2) is 5.27. The molecule has 2 rings (SSSR count). The summed E-state index contributed by atoms with van der Waals surface area (Å²) in [6.07, 6.45) is 2.17. The van der Waals surface area contributed by atoms with E-state index in [0.29, 0.717) is 0 Å². The Morgan fingerprint density at radius 1 is 1.29 bits per heavy atom. The molecule has 1 aliphatic heterocycles. The van der Waals surface area contributed by atoms with Crippen molar-refractivity contribution in [1.29, 1.82) is 0 Å². The van der Waals surface area contributed by atoms with E-state index in [0.717, 1.165) is 36.6 Å². The number of methoxy groups -OCH3 is 2. The third-order valence-electron chi connectivity index (χ3n) is 3.29. The summed E-state index contributed by atoms with van der Waals surface area (Å²) >= 11 is 0. The predicted molar refractivity (Wildman–Crippen MR) is 67.0 cm³/mol. The summed E-state index contributed by atoms with van der Waals surface area (Å²) in [5.41, 5.74) is 1.08. The van der Waals surface area contributed by atoms with Gasteiger partial charge in [-0.25, -0.2) is 0 Å². The molecule has 4 nitrogen and oxygen atoms in total. The number of ether oxygens (including phenoxy) is 2. The number of benzene rings is 1. The maximum Gasteiger partial charge on any atom is 0.162 e. The van der Waals surface area contributed by atoms with Gasteiger partial charge in [0.1, 0.15) is 0 Å². The Bertz CT molecular complexity index is 381. The first kappa shape index (κ1) is 12.0. The number of rotatable bonds is 4. The highest BCUT2D eigenvalue weighted by Gasteiger charge is 2.24. The largest absolute Gasteiger partial charge is 0.493 e. The molecule has 0 aliphatic carbocycles. The van der Waals surface area contributed by atoms with E-state index in [1.54, 1.807) is 14.2 Å². The minimum atomic E-state index is 0.203. The molecule has 1 aliphatic rings. The Labute approximate surface area is 102 Å². The summed E-state index contributed by atoms with van der Waals surface area (Å²) in [7, 11) is 3.26. The van der Waals surface area contributed by atoms with Crippen LogP contribution in [0.1, 0.15) is 12.8 Å². The average molecular weight is 237 g/mol. The molecule has 1 aromatic carbocycles. The lowest BCUT2D eigenvalue weighted by molar-refractivity contribution is 0.266. The summed E-state index contributed by atoms with van der Waals surface area (Å²) in [5.74, 6) is 1.46. The normalized spacial score (nSPS) is 19.5. The lowest BCUT2D eigenvalue weighted by Gasteiger charge is -2.26. The first-order valence-electron chi connectivity index (χ1n) is 5.89. The minimum absolute atomic E-state index is 0.203. The number of nitrogens with zero attached hydrogens (tertiary/aromatic N) is 1. The molecule has 0 spiro atoms. The van der Waals surface area contributed by atoms with Crippen LogP contribution in [0.2, 0.25) is 0 Å². The van der Waals surface area contributed by atoms with Crippen LogP contribution in [0.4, 0.5) is 5.69 Å². The van der Waals surface area contributed by atoms with Gasteiger partial charge in [0.25, 0.3) is 0 Å². The van der Waals surface area contributed by atoms with E-state index < -0.39 is 0 Å². The molecule has 4 heteroatoms. The van der Waals surface area contributed by atoms with E-state index in [2.05, 4.69) is 4.90 Å². The van der Waals surface area contributed by atoms with E-state index in [9.17, 15) is 5.11 Å². The number of hydrogen-bond donors (Lipinski definition) is 1. The van der Waals surface area contributed by atoms with Gasteiger partial charge in [-0.1, -0.05) is 0 Å². The molecule has 1 heterocycles. The van der Waals surface area contributed by atoms with Gasteiger partial charge in [-0.3, -0.25) is 0 Å². The van der Waals surface area contributed by atoms with E-state index in [1.807, 2.05) is 18.2 Å². The zero-order chi connectivity index (χ0) is 12.3. The second-order valence-electron chi connectivity index (χ2n) is 4.21. The molecule has 0 aromatic heterocycles. The molecule has 0 bridgehead atoms. The second-order valence-corrected chi connectivity index (χ2v) is 4.21. The molecule has 1 atom stereocenters. The van der Waals surface area contributed by atoms with Gasteiger partial charge in [-0.05, 0) is 25.0 Å². The lowest BCUT2D eigenvalue weighted by Crippen LogP contribution is -2.31. The van der Waals surface area contributed by atoms with E-state index in [-0.39, 0.29) is 12.6 Å². The maximum atomic E-state index is 9.33. The summed E-state index contributed by atoms with van der Waals surface area (Å²) in [5, 5.41) is 9.33. The van der Waals surface area contributed by atoms with Gasteiger partial charge in [-0.15, -0.1) is 0 Å². The fourth-order valence-corrected chi connectivity index (χ4v) is 2.37. The molecule has 94 valence electrons. The molecule has 17 heavy (non-hydrogen) atoms. The van der Waals surface area contributed by atoms with E-state index in [1.165, 1.54) is 0 Å². The Morgan fingerprint density at radius 2 is 2.06 bits per heavy atom. The summed E-state index contributed by atoms with van der Waals surface area (Å²) < 4.78 is 10.5. The molecule has 1 unspecified atom stereocenters. The monoisotopic (exact) mass is 237 g/mol. The molecule has 0 radical (unpaired) electrons. The highest BCUT2D eigenvalue weighted by Crippen LogP contribution is 2.34. The van der Waals surface area contributed by atoms with E-state index >= 15 is 0 Å². The molecule has 1 aromatic rings. The standard InChI is InChI=1S/C13H19NO3/c1-16-12-6-5-10(8-13(12)17-2)14-7-3-4-11(14)9-15/h5-6,8,11,15H,3-4,7,9H2,1-2H3. The molecule has 0 amide bonds. The Balaban J connectivity index is 2.26. The minimum Gasteiger partial charge on any atom is -0.493 e. The highest BCUT2D eigenvalue weighted by atomic mass is 16.5. The maximum absolute atomic E-state index is 9.33. The van der Waals surface area contributed by atoms with Crippen molar-refractivity contribution in [2.24, 2.45) is 0 Å². The van der Waals surface area contributed by atoms with Gasteiger partial charge in [0.2, 0.25) is 0 Å². The zero-order valence-corrected chi connectivity index (χ0v) is 10.3. The quantitative estimate of drug-likeness (QED) is 0.865. The van der Waals surface area contributed by atoms with Crippen molar-refractivity contribution < 1.29 is 14.6 Å². The van der Waals surface area contributed by atoms with Gasteiger partial charge >= 0.3 is 0 Å². The van der Waals surface area contributed by atoms with Gasteiger partial charge in [0.15, 0.2) is 11.5 Å². The lowest BCUT2D eigenvalue weighted by atomic mass is 10.2. The number of aliphatic hydroxyl groups is 1. The van der Waals surface area contributed by atoms with Crippen LogP contribution >= 0.6 is 0 Å². The van der Waals surface area contributed by atoms with Crippen molar-refractivity contribution in [3.8, 4) is 11.5 Å². The Morgan fingerprint density at radius 3 is 2.71 bits per heavy atom. The van der Waals surface area contributed by atoms with Crippen LogP contribution in [-0.4, -0.2) is 38.5 Å². The van der Waals surface area contributed by atoms with E-state index in [4.69, 9.17) is 9.47 Å². The van der Waals surface area contributed by atoms with Gasteiger partial charge in [0, 0.05) is 18.3 Å². The molecular weight excluding hydrogens is 218 g/mol. The third kappa shape index (κ3) is 2.31. The third-order valence-corrected chi connectivity index (χ3v) is 3.29. The number of aliphatic hydroxyl groups excluding tert-OH is 1. The van der Waals surface area contributed by atoms with Gasteiger partial charge < -0.3 is 19.5 Å². The SMILES string of the molecule is COc1ccc(N2CCCC2CO)cc1OC. The fourth-order valence-electron chi connectivity index (χ4n) is 2.37. The Kier molecular flexibility index (Phi) is 3.74. The van der Waals surface area contributed by atoms with Crippen molar-refractivity contribution in [1.82, 2.24) is 0 Å². The Hall–Kier alpha value is -1.42. The van der Waals surface area contributed by atoms with Crippen molar-refractivity contribution in [3.63, 3.8) is 0 Å². The van der Waals surface area contributed by atoms with Crippen LogP contribution in [-0.2, 0) is 0 Å². The molecule has 1 fully saturated rings. The van der Waals surface area contributed by atoms with Gasteiger partial charge in [0.05, 0.1) is 26.9 Å². The molecule has 1 N–H and O–H groups in total.